The van der Waals surface area contributed by atoms with Crippen LogP contribution >= 0.6 is 15.9 Å². The molecule has 0 bridgehead atoms. The topological polar surface area (TPSA) is 43.1 Å². The summed E-state index contributed by atoms with van der Waals surface area (Å²) in [5, 5.41) is 10.6. The summed E-state index contributed by atoms with van der Waals surface area (Å²) < 4.78 is 13.4. The molecule has 0 N–H and O–H groups in total. The highest BCUT2D eigenvalue weighted by Crippen LogP contribution is 2.29. The molecule has 0 aromatic heterocycles. The largest absolute Gasteiger partial charge is 0.269 e. The number of rotatable bonds is 4. The number of nitrogens with zero attached hydrogens (tertiary/aromatic N) is 1. The van der Waals surface area contributed by atoms with E-state index in [0.29, 0.717) is 6.42 Å². The quantitative estimate of drug-likeness (QED) is 0.460. The Labute approximate surface area is 124 Å². The normalized spacial score (nSPS) is 12.2. The van der Waals surface area contributed by atoms with Crippen LogP contribution in [-0.4, -0.2) is 4.92 Å². The van der Waals surface area contributed by atoms with E-state index in [2.05, 4.69) is 15.9 Å². The molecule has 0 amide bonds. The Bertz CT molecular complexity index is 608. The van der Waals surface area contributed by atoms with Crippen LogP contribution in [0.1, 0.15) is 21.5 Å². The molecule has 3 nitrogen and oxygen atoms in total. The first kappa shape index (κ1) is 14.7. The molecule has 5 heteroatoms. The molecule has 2 aromatic carbocycles. The molecule has 0 fully saturated rings. The molecule has 104 valence electrons. The van der Waals surface area contributed by atoms with Gasteiger partial charge in [-0.2, -0.15) is 0 Å². The van der Waals surface area contributed by atoms with E-state index < -0.39 is 4.92 Å². The standard InChI is InChI=1S/C15H13BrFNO2/c1-10-6-12(9-13(17)7-10)15(16)8-11-2-4-14(5-3-11)18(19)20/h2-7,9,15H,8H2,1H3. The second-order valence-electron chi connectivity index (χ2n) is 4.66. The predicted octanol–water partition coefficient (Wildman–Crippen LogP) is 4.72. The van der Waals surface area contributed by atoms with Crippen LogP contribution in [0, 0.1) is 22.9 Å². The molecular weight excluding hydrogens is 325 g/mol. The fourth-order valence-corrected chi connectivity index (χ4v) is 2.66. The Kier molecular flexibility index (Phi) is 4.49. The van der Waals surface area contributed by atoms with Crippen LogP contribution in [-0.2, 0) is 6.42 Å². The second kappa shape index (κ2) is 6.13. The lowest BCUT2D eigenvalue weighted by Crippen LogP contribution is -1.97. The van der Waals surface area contributed by atoms with Crippen molar-refractivity contribution in [3.05, 3.63) is 75.1 Å². The van der Waals surface area contributed by atoms with E-state index in [1.165, 1.54) is 24.3 Å². The second-order valence-corrected chi connectivity index (χ2v) is 5.76. The van der Waals surface area contributed by atoms with E-state index in [-0.39, 0.29) is 16.3 Å². The van der Waals surface area contributed by atoms with E-state index in [1.807, 2.05) is 13.0 Å². The van der Waals surface area contributed by atoms with Gasteiger partial charge in [-0.25, -0.2) is 4.39 Å². The first-order valence-electron chi connectivity index (χ1n) is 6.10. The molecule has 0 radical (unpaired) electrons. The van der Waals surface area contributed by atoms with Crippen molar-refractivity contribution in [1.82, 2.24) is 0 Å². The number of nitro benzene ring substituents is 1. The van der Waals surface area contributed by atoms with Gasteiger partial charge in [0.25, 0.3) is 5.69 Å². The molecule has 20 heavy (non-hydrogen) atoms. The van der Waals surface area contributed by atoms with Gasteiger partial charge in [-0.3, -0.25) is 10.1 Å². The van der Waals surface area contributed by atoms with E-state index in [9.17, 15) is 14.5 Å². The number of hydrogen-bond acceptors (Lipinski definition) is 2. The van der Waals surface area contributed by atoms with Gasteiger partial charge in [0.1, 0.15) is 5.82 Å². The molecule has 0 aliphatic carbocycles. The van der Waals surface area contributed by atoms with Crippen molar-refractivity contribution in [3.63, 3.8) is 0 Å². The first-order chi connectivity index (χ1) is 9.45. The number of non-ortho nitro benzene ring substituents is 1. The Morgan fingerprint density at radius 3 is 2.45 bits per heavy atom. The van der Waals surface area contributed by atoms with Crippen molar-refractivity contribution in [2.45, 2.75) is 18.2 Å². The van der Waals surface area contributed by atoms with Crippen molar-refractivity contribution in [2.75, 3.05) is 0 Å². The van der Waals surface area contributed by atoms with E-state index >= 15 is 0 Å². The summed E-state index contributed by atoms with van der Waals surface area (Å²) in [4.78, 5) is 10.1. The molecule has 2 aromatic rings. The highest BCUT2D eigenvalue weighted by molar-refractivity contribution is 9.09. The van der Waals surface area contributed by atoms with Crippen molar-refractivity contribution >= 4 is 21.6 Å². The Morgan fingerprint density at radius 1 is 1.25 bits per heavy atom. The van der Waals surface area contributed by atoms with Crippen LogP contribution in [0.5, 0.6) is 0 Å². The van der Waals surface area contributed by atoms with Gasteiger partial charge in [-0.1, -0.05) is 34.1 Å². The van der Waals surface area contributed by atoms with Crippen LogP contribution in [0.15, 0.2) is 42.5 Å². The van der Waals surface area contributed by atoms with E-state index in [1.54, 1.807) is 12.1 Å². The summed E-state index contributed by atoms with van der Waals surface area (Å²) in [6, 6.07) is 11.3. The minimum atomic E-state index is -0.425. The van der Waals surface area contributed by atoms with Crippen LogP contribution in [0.2, 0.25) is 0 Å². The van der Waals surface area contributed by atoms with Crippen molar-refractivity contribution in [1.29, 1.82) is 0 Å². The molecule has 2 rings (SSSR count). The van der Waals surface area contributed by atoms with Crippen LogP contribution in [0.4, 0.5) is 10.1 Å². The predicted molar refractivity (Wildman–Crippen MR) is 79.6 cm³/mol. The zero-order valence-electron chi connectivity index (χ0n) is 10.8. The van der Waals surface area contributed by atoms with E-state index in [0.717, 1.165) is 16.7 Å². The lowest BCUT2D eigenvalue weighted by molar-refractivity contribution is -0.384. The van der Waals surface area contributed by atoms with Gasteiger partial charge in [0, 0.05) is 17.0 Å². The lowest BCUT2D eigenvalue weighted by atomic mass is 10.0. The summed E-state index contributed by atoms with van der Waals surface area (Å²) in [7, 11) is 0. The maximum atomic E-state index is 13.4. The van der Waals surface area contributed by atoms with Gasteiger partial charge < -0.3 is 0 Å². The molecule has 1 atom stereocenters. The average Bonchev–Trinajstić information content (AvgIpc) is 2.38. The van der Waals surface area contributed by atoms with Gasteiger partial charge >= 0.3 is 0 Å². The van der Waals surface area contributed by atoms with Crippen molar-refractivity contribution in [2.24, 2.45) is 0 Å². The number of nitro groups is 1. The molecule has 0 saturated carbocycles. The van der Waals surface area contributed by atoms with Crippen LogP contribution < -0.4 is 0 Å². The molecular formula is C15H13BrFNO2. The summed E-state index contributed by atoms with van der Waals surface area (Å²) >= 11 is 3.54. The van der Waals surface area contributed by atoms with Crippen LogP contribution in [0.3, 0.4) is 0 Å². The Balaban J connectivity index is 2.14. The number of hydrogen-bond donors (Lipinski definition) is 0. The number of alkyl halides is 1. The van der Waals surface area contributed by atoms with Crippen molar-refractivity contribution < 1.29 is 9.31 Å². The van der Waals surface area contributed by atoms with Gasteiger partial charge in [-0.05, 0) is 42.2 Å². The molecule has 1 unspecified atom stereocenters. The van der Waals surface area contributed by atoms with Crippen molar-refractivity contribution in [3.8, 4) is 0 Å². The van der Waals surface area contributed by atoms with Gasteiger partial charge in [0.2, 0.25) is 0 Å². The molecule has 0 aliphatic rings. The van der Waals surface area contributed by atoms with E-state index in [4.69, 9.17) is 0 Å². The first-order valence-corrected chi connectivity index (χ1v) is 7.02. The molecule has 0 aliphatic heterocycles. The minimum Gasteiger partial charge on any atom is -0.258 e. The fraction of sp³-hybridized carbons (Fsp3) is 0.200. The monoisotopic (exact) mass is 337 g/mol. The summed E-state index contributed by atoms with van der Waals surface area (Å²) in [6.45, 7) is 1.85. The summed E-state index contributed by atoms with van der Waals surface area (Å²) in [5.41, 5.74) is 2.76. The highest BCUT2D eigenvalue weighted by atomic mass is 79.9. The fourth-order valence-electron chi connectivity index (χ4n) is 2.02. The zero-order valence-corrected chi connectivity index (χ0v) is 12.4. The van der Waals surface area contributed by atoms with Crippen LogP contribution in [0.25, 0.3) is 0 Å². The van der Waals surface area contributed by atoms with Gasteiger partial charge in [0.15, 0.2) is 0 Å². The SMILES string of the molecule is Cc1cc(F)cc(C(Br)Cc2ccc([N+](=O)[O-])cc2)c1. The minimum absolute atomic E-state index is 0.0293. The average molecular weight is 338 g/mol. The van der Waals surface area contributed by atoms with Gasteiger partial charge in [-0.15, -0.1) is 0 Å². The smallest absolute Gasteiger partial charge is 0.258 e. The number of aryl methyl sites for hydroxylation is 1. The molecule has 0 heterocycles. The molecule has 0 saturated heterocycles. The number of halogens is 2. The zero-order chi connectivity index (χ0) is 14.7. The van der Waals surface area contributed by atoms with Gasteiger partial charge in [0.05, 0.1) is 4.92 Å². The summed E-state index contributed by atoms with van der Waals surface area (Å²) in [6.07, 6.45) is 0.640. The lowest BCUT2D eigenvalue weighted by Gasteiger charge is -2.11. The number of benzene rings is 2. The maximum absolute atomic E-state index is 13.4. The maximum Gasteiger partial charge on any atom is 0.269 e. The summed E-state index contributed by atoms with van der Waals surface area (Å²) in [5.74, 6) is -0.256. The molecule has 0 spiro atoms. The third-order valence-corrected chi connectivity index (χ3v) is 3.84. The third kappa shape index (κ3) is 3.63. The highest BCUT2D eigenvalue weighted by Gasteiger charge is 2.11. The Hall–Kier alpha value is -1.75. The third-order valence-electron chi connectivity index (χ3n) is 2.99. The Morgan fingerprint density at radius 2 is 1.90 bits per heavy atom.